The van der Waals surface area contributed by atoms with Crippen LogP contribution in [0.1, 0.15) is 25.2 Å². The number of fused-ring (bicyclic) bond motifs is 2. The predicted octanol–water partition coefficient (Wildman–Crippen LogP) is 2.83. The fourth-order valence-corrected chi connectivity index (χ4v) is 2.36. The molecule has 1 N–H and O–H groups in total. The average Bonchev–Trinajstić information content (AvgIpc) is 2.95. The first-order chi connectivity index (χ1) is 8.83. The summed E-state index contributed by atoms with van der Waals surface area (Å²) < 4.78 is 16.7. The van der Waals surface area contributed by atoms with E-state index in [2.05, 4.69) is 19.2 Å². The zero-order valence-electron chi connectivity index (χ0n) is 10.7. The van der Waals surface area contributed by atoms with Gasteiger partial charge < -0.3 is 19.2 Å². The summed E-state index contributed by atoms with van der Waals surface area (Å²) in [5.74, 6) is 2.60. The number of nitrogens with one attached hydrogen (secondary N) is 1. The van der Waals surface area contributed by atoms with Crippen molar-refractivity contribution in [3.63, 3.8) is 0 Å². The molecule has 0 radical (unpaired) electrons. The maximum atomic E-state index is 5.92. The Morgan fingerprint density at radius 1 is 1.17 bits per heavy atom. The molecule has 4 heteroatoms. The first-order valence-corrected chi connectivity index (χ1v) is 6.38. The molecule has 0 amide bonds. The van der Waals surface area contributed by atoms with Gasteiger partial charge in [0.25, 0.3) is 0 Å². The van der Waals surface area contributed by atoms with E-state index in [-0.39, 0.29) is 0 Å². The summed E-state index contributed by atoms with van der Waals surface area (Å²) in [6.45, 7) is 6.23. The SMILES string of the molecule is CCNCc1oc2cc3c(cc2c1CC)OCO3. The Kier molecular flexibility index (Phi) is 2.88. The second-order valence-corrected chi connectivity index (χ2v) is 4.34. The summed E-state index contributed by atoms with van der Waals surface area (Å²) in [5, 5.41) is 4.44. The van der Waals surface area contributed by atoms with Crippen LogP contribution in [0.2, 0.25) is 0 Å². The van der Waals surface area contributed by atoms with Gasteiger partial charge >= 0.3 is 0 Å². The van der Waals surface area contributed by atoms with Crippen molar-refractivity contribution in [2.75, 3.05) is 13.3 Å². The third-order valence-electron chi connectivity index (χ3n) is 3.26. The van der Waals surface area contributed by atoms with Gasteiger partial charge in [-0.2, -0.15) is 0 Å². The molecule has 96 valence electrons. The highest BCUT2D eigenvalue weighted by Crippen LogP contribution is 2.39. The lowest BCUT2D eigenvalue weighted by atomic mass is 10.1. The summed E-state index contributed by atoms with van der Waals surface area (Å²) in [6, 6.07) is 3.95. The summed E-state index contributed by atoms with van der Waals surface area (Å²) in [4.78, 5) is 0. The van der Waals surface area contributed by atoms with E-state index in [1.165, 1.54) is 5.56 Å². The Hall–Kier alpha value is -1.68. The molecule has 0 unspecified atom stereocenters. The Bertz CT molecular complexity index is 574. The van der Waals surface area contributed by atoms with Crippen LogP contribution in [0, 0.1) is 0 Å². The molecule has 0 saturated carbocycles. The van der Waals surface area contributed by atoms with Crippen LogP contribution in [0.5, 0.6) is 11.5 Å². The minimum atomic E-state index is 0.299. The Balaban J connectivity index is 2.10. The van der Waals surface area contributed by atoms with Crippen LogP contribution in [-0.4, -0.2) is 13.3 Å². The second-order valence-electron chi connectivity index (χ2n) is 4.34. The lowest BCUT2D eigenvalue weighted by Gasteiger charge is -2.00. The maximum Gasteiger partial charge on any atom is 0.231 e. The Labute approximate surface area is 106 Å². The van der Waals surface area contributed by atoms with Crippen molar-refractivity contribution in [3.8, 4) is 11.5 Å². The molecule has 0 atom stereocenters. The third kappa shape index (κ3) is 1.73. The minimum absolute atomic E-state index is 0.299. The molecule has 1 aliphatic heterocycles. The van der Waals surface area contributed by atoms with E-state index in [9.17, 15) is 0 Å². The number of furan rings is 1. The van der Waals surface area contributed by atoms with E-state index in [1.807, 2.05) is 12.1 Å². The molecule has 0 spiro atoms. The highest BCUT2D eigenvalue weighted by molar-refractivity contribution is 5.86. The number of aryl methyl sites for hydroxylation is 1. The van der Waals surface area contributed by atoms with Gasteiger partial charge in [-0.15, -0.1) is 0 Å². The van der Waals surface area contributed by atoms with Crippen molar-refractivity contribution >= 4 is 11.0 Å². The molecule has 4 nitrogen and oxygen atoms in total. The van der Waals surface area contributed by atoms with Gasteiger partial charge in [-0.3, -0.25) is 0 Å². The quantitative estimate of drug-likeness (QED) is 0.902. The molecule has 0 bridgehead atoms. The van der Waals surface area contributed by atoms with Crippen molar-refractivity contribution in [3.05, 3.63) is 23.5 Å². The summed E-state index contributed by atoms with van der Waals surface area (Å²) in [7, 11) is 0. The van der Waals surface area contributed by atoms with Gasteiger partial charge in [-0.25, -0.2) is 0 Å². The summed E-state index contributed by atoms with van der Waals surface area (Å²) >= 11 is 0. The predicted molar refractivity (Wildman–Crippen MR) is 69.1 cm³/mol. The molecule has 0 saturated heterocycles. The Morgan fingerprint density at radius 3 is 2.67 bits per heavy atom. The molecule has 0 aliphatic carbocycles. The molecule has 2 heterocycles. The van der Waals surface area contributed by atoms with Crippen molar-refractivity contribution in [2.45, 2.75) is 26.8 Å². The topological polar surface area (TPSA) is 43.6 Å². The fourth-order valence-electron chi connectivity index (χ4n) is 2.36. The van der Waals surface area contributed by atoms with Crippen LogP contribution in [-0.2, 0) is 13.0 Å². The molecule has 0 fully saturated rings. The van der Waals surface area contributed by atoms with Crippen LogP contribution in [0.25, 0.3) is 11.0 Å². The molecule has 1 aliphatic rings. The van der Waals surface area contributed by atoms with Crippen molar-refractivity contribution in [1.29, 1.82) is 0 Å². The molecule has 18 heavy (non-hydrogen) atoms. The monoisotopic (exact) mass is 247 g/mol. The summed E-state index contributed by atoms with van der Waals surface area (Å²) in [5.41, 5.74) is 2.13. The van der Waals surface area contributed by atoms with Crippen LogP contribution >= 0.6 is 0 Å². The number of benzene rings is 1. The lowest BCUT2D eigenvalue weighted by molar-refractivity contribution is 0.174. The van der Waals surface area contributed by atoms with Crippen LogP contribution < -0.4 is 14.8 Å². The van der Waals surface area contributed by atoms with E-state index in [0.29, 0.717) is 6.79 Å². The van der Waals surface area contributed by atoms with E-state index < -0.39 is 0 Å². The minimum Gasteiger partial charge on any atom is -0.459 e. The van der Waals surface area contributed by atoms with E-state index in [0.717, 1.165) is 47.7 Å². The van der Waals surface area contributed by atoms with E-state index >= 15 is 0 Å². The normalized spacial score (nSPS) is 13.4. The van der Waals surface area contributed by atoms with Gasteiger partial charge in [0, 0.05) is 17.0 Å². The second kappa shape index (κ2) is 4.53. The first kappa shape index (κ1) is 11.4. The number of rotatable bonds is 4. The van der Waals surface area contributed by atoms with Crippen LogP contribution in [0.4, 0.5) is 0 Å². The number of hydrogen-bond donors (Lipinski definition) is 1. The smallest absolute Gasteiger partial charge is 0.231 e. The van der Waals surface area contributed by atoms with Crippen molar-refractivity contribution in [2.24, 2.45) is 0 Å². The van der Waals surface area contributed by atoms with Gasteiger partial charge in [-0.1, -0.05) is 13.8 Å². The van der Waals surface area contributed by atoms with Gasteiger partial charge in [0.1, 0.15) is 11.3 Å². The third-order valence-corrected chi connectivity index (χ3v) is 3.26. The van der Waals surface area contributed by atoms with E-state index in [1.54, 1.807) is 0 Å². The molecule has 2 aromatic rings. The zero-order chi connectivity index (χ0) is 12.5. The van der Waals surface area contributed by atoms with Crippen molar-refractivity contribution in [1.82, 2.24) is 5.32 Å². The van der Waals surface area contributed by atoms with Gasteiger partial charge in [0.15, 0.2) is 11.5 Å². The van der Waals surface area contributed by atoms with Gasteiger partial charge in [0.05, 0.1) is 6.54 Å². The first-order valence-electron chi connectivity index (χ1n) is 6.38. The highest BCUT2D eigenvalue weighted by atomic mass is 16.7. The molecule has 1 aromatic heterocycles. The van der Waals surface area contributed by atoms with E-state index in [4.69, 9.17) is 13.9 Å². The van der Waals surface area contributed by atoms with Gasteiger partial charge in [-0.05, 0) is 19.0 Å². The molecule has 3 rings (SSSR count). The van der Waals surface area contributed by atoms with Crippen LogP contribution in [0.3, 0.4) is 0 Å². The molecule has 1 aromatic carbocycles. The number of ether oxygens (including phenoxy) is 2. The highest BCUT2D eigenvalue weighted by Gasteiger charge is 2.19. The standard InChI is InChI=1S/C14H17NO3/c1-3-9-10-5-12-13(17-8-16-12)6-11(10)18-14(9)7-15-4-2/h5-6,15H,3-4,7-8H2,1-2H3. The molecular formula is C14H17NO3. The van der Waals surface area contributed by atoms with Gasteiger partial charge in [0.2, 0.25) is 6.79 Å². The lowest BCUT2D eigenvalue weighted by Crippen LogP contribution is -2.12. The summed E-state index contributed by atoms with van der Waals surface area (Å²) in [6.07, 6.45) is 0.952. The zero-order valence-corrected chi connectivity index (χ0v) is 10.7. The number of hydrogen-bond acceptors (Lipinski definition) is 4. The molecular weight excluding hydrogens is 230 g/mol. The Morgan fingerprint density at radius 2 is 1.94 bits per heavy atom. The van der Waals surface area contributed by atoms with Crippen molar-refractivity contribution < 1.29 is 13.9 Å². The maximum absolute atomic E-state index is 5.92. The largest absolute Gasteiger partial charge is 0.459 e. The average molecular weight is 247 g/mol. The van der Waals surface area contributed by atoms with Crippen LogP contribution in [0.15, 0.2) is 16.5 Å². The fraction of sp³-hybridized carbons (Fsp3) is 0.429.